The lowest BCUT2D eigenvalue weighted by Crippen LogP contribution is -2.39. The molecule has 11 heteroatoms. The summed E-state index contributed by atoms with van der Waals surface area (Å²) in [5.74, 6) is -1.34. The summed E-state index contributed by atoms with van der Waals surface area (Å²) < 4.78 is 53.3. The van der Waals surface area contributed by atoms with Gasteiger partial charge in [-0.2, -0.15) is 0 Å². The van der Waals surface area contributed by atoms with Crippen molar-refractivity contribution in [2.75, 3.05) is 43.5 Å². The van der Waals surface area contributed by atoms with E-state index in [0.29, 0.717) is 28.7 Å². The molecule has 0 saturated carbocycles. The van der Waals surface area contributed by atoms with Crippen LogP contribution in [-0.4, -0.2) is 59.0 Å². The molecule has 2 amide bonds. The van der Waals surface area contributed by atoms with Gasteiger partial charge < -0.3 is 19.7 Å². The van der Waals surface area contributed by atoms with Gasteiger partial charge in [0.1, 0.15) is 12.4 Å². The van der Waals surface area contributed by atoms with E-state index >= 15 is 0 Å². The van der Waals surface area contributed by atoms with E-state index in [9.17, 15) is 22.4 Å². The first-order valence-electron chi connectivity index (χ1n) is 11.9. The number of hydrogen-bond acceptors (Lipinski definition) is 6. The van der Waals surface area contributed by atoms with Gasteiger partial charge in [0, 0.05) is 19.2 Å². The van der Waals surface area contributed by atoms with Gasteiger partial charge in [-0.25, -0.2) is 12.8 Å². The predicted octanol–water partition coefficient (Wildman–Crippen LogP) is 3.91. The minimum atomic E-state index is -4.44. The second kappa shape index (κ2) is 11.5. The van der Waals surface area contributed by atoms with Crippen molar-refractivity contribution in [2.24, 2.45) is 0 Å². The molecule has 1 saturated heterocycles. The molecule has 0 radical (unpaired) electrons. The number of hydrogen-bond donors (Lipinski definition) is 1. The van der Waals surface area contributed by atoms with Gasteiger partial charge in [-0.1, -0.05) is 24.3 Å². The van der Waals surface area contributed by atoms with E-state index in [1.165, 1.54) is 50.6 Å². The van der Waals surface area contributed by atoms with E-state index in [-0.39, 0.29) is 27.9 Å². The number of amides is 2. The number of anilines is 2. The average Bonchev–Trinajstić information content (AvgIpc) is 3.47. The highest BCUT2D eigenvalue weighted by atomic mass is 32.2. The zero-order valence-electron chi connectivity index (χ0n) is 21.0. The minimum absolute atomic E-state index is 0.154. The number of nitrogens with zero attached hydrogens (tertiary/aromatic N) is 2. The Morgan fingerprint density at radius 3 is 2.29 bits per heavy atom. The molecule has 1 aliphatic heterocycles. The molecule has 1 aliphatic rings. The molecule has 0 aromatic heterocycles. The van der Waals surface area contributed by atoms with Crippen molar-refractivity contribution < 1.29 is 31.9 Å². The number of ether oxygens (including phenoxy) is 2. The van der Waals surface area contributed by atoms with Gasteiger partial charge in [-0.05, 0) is 49.2 Å². The summed E-state index contributed by atoms with van der Waals surface area (Å²) >= 11 is 0. The van der Waals surface area contributed by atoms with Gasteiger partial charge in [0.2, 0.25) is 5.91 Å². The number of sulfonamides is 1. The predicted molar refractivity (Wildman–Crippen MR) is 141 cm³/mol. The Labute approximate surface area is 220 Å². The van der Waals surface area contributed by atoms with Gasteiger partial charge in [0.05, 0.1) is 36.1 Å². The molecule has 38 heavy (non-hydrogen) atoms. The Morgan fingerprint density at radius 1 is 0.947 bits per heavy atom. The standard InChI is InChI=1S/C27H28FN3O6S/c1-36-24-14-13-19(17-25(24)37-2)38(34,35)31(23-12-6-4-10-21(23)28)18-26(32)29-22-11-5-3-9-20(22)27(33)30-15-7-8-16-30/h3-6,9-14,17H,7-8,15-16,18H2,1-2H3,(H,29,32). The molecule has 0 unspecified atom stereocenters. The smallest absolute Gasteiger partial charge is 0.265 e. The van der Waals surface area contributed by atoms with E-state index < -0.39 is 28.3 Å². The summed E-state index contributed by atoms with van der Waals surface area (Å²) in [5.41, 5.74) is 0.230. The summed E-state index contributed by atoms with van der Waals surface area (Å²) in [4.78, 5) is 27.7. The summed E-state index contributed by atoms with van der Waals surface area (Å²) in [7, 11) is -1.67. The number of carbonyl (C=O) groups excluding carboxylic acids is 2. The van der Waals surface area contributed by atoms with E-state index in [1.54, 1.807) is 29.2 Å². The third-order valence-corrected chi connectivity index (χ3v) is 7.93. The first kappa shape index (κ1) is 26.9. The van der Waals surface area contributed by atoms with Crippen molar-refractivity contribution in [2.45, 2.75) is 17.7 Å². The molecular formula is C27H28FN3O6S. The monoisotopic (exact) mass is 541 g/mol. The molecule has 0 spiro atoms. The fraction of sp³-hybridized carbons (Fsp3) is 0.259. The van der Waals surface area contributed by atoms with Crippen molar-refractivity contribution in [1.82, 2.24) is 4.90 Å². The summed E-state index contributed by atoms with van der Waals surface area (Å²) in [6.07, 6.45) is 1.82. The first-order valence-corrected chi connectivity index (χ1v) is 13.4. The molecule has 200 valence electrons. The SMILES string of the molecule is COc1ccc(S(=O)(=O)N(CC(=O)Nc2ccccc2C(=O)N2CCCC2)c2ccccc2F)cc1OC. The van der Waals surface area contributed by atoms with Crippen LogP contribution in [0.3, 0.4) is 0 Å². The van der Waals surface area contributed by atoms with Crippen LogP contribution in [0.15, 0.2) is 71.6 Å². The van der Waals surface area contributed by atoms with Crippen LogP contribution in [0.1, 0.15) is 23.2 Å². The van der Waals surface area contributed by atoms with Crippen molar-refractivity contribution in [3.8, 4) is 11.5 Å². The van der Waals surface area contributed by atoms with Crippen molar-refractivity contribution in [3.05, 3.63) is 78.1 Å². The molecule has 0 atom stereocenters. The van der Waals surface area contributed by atoms with Crippen LogP contribution in [0.25, 0.3) is 0 Å². The zero-order valence-corrected chi connectivity index (χ0v) is 21.8. The molecule has 0 bridgehead atoms. The zero-order chi connectivity index (χ0) is 27.3. The average molecular weight is 542 g/mol. The molecule has 1 heterocycles. The molecule has 4 rings (SSSR count). The first-order chi connectivity index (χ1) is 18.3. The lowest BCUT2D eigenvalue weighted by Gasteiger charge is -2.25. The highest BCUT2D eigenvalue weighted by Gasteiger charge is 2.31. The van der Waals surface area contributed by atoms with Crippen molar-refractivity contribution in [3.63, 3.8) is 0 Å². The maximum absolute atomic E-state index is 14.8. The van der Waals surface area contributed by atoms with Crippen LogP contribution < -0.4 is 19.1 Å². The van der Waals surface area contributed by atoms with Crippen molar-refractivity contribution >= 4 is 33.2 Å². The van der Waals surface area contributed by atoms with Crippen LogP contribution in [0.5, 0.6) is 11.5 Å². The fourth-order valence-electron chi connectivity index (χ4n) is 4.25. The van der Waals surface area contributed by atoms with Gasteiger partial charge in [0.15, 0.2) is 11.5 Å². The van der Waals surface area contributed by atoms with Crippen LogP contribution >= 0.6 is 0 Å². The molecule has 3 aromatic rings. The maximum Gasteiger partial charge on any atom is 0.265 e. The number of rotatable bonds is 9. The van der Waals surface area contributed by atoms with Gasteiger partial charge >= 0.3 is 0 Å². The van der Waals surface area contributed by atoms with Crippen LogP contribution in [0.2, 0.25) is 0 Å². The Hall–Kier alpha value is -4.12. The van der Waals surface area contributed by atoms with E-state index in [1.807, 2.05) is 0 Å². The van der Waals surface area contributed by atoms with Crippen LogP contribution in [0.4, 0.5) is 15.8 Å². The minimum Gasteiger partial charge on any atom is -0.493 e. The molecule has 1 fully saturated rings. The Bertz CT molecular complexity index is 1440. The van der Waals surface area contributed by atoms with Crippen LogP contribution in [-0.2, 0) is 14.8 Å². The summed E-state index contributed by atoms with van der Waals surface area (Å²) in [6, 6.07) is 15.7. The largest absolute Gasteiger partial charge is 0.493 e. The molecule has 3 aromatic carbocycles. The summed E-state index contributed by atoms with van der Waals surface area (Å²) in [6.45, 7) is 0.515. The lowest BCUT2D eigenvalue weighted by molar-refractivity contribution is -0.114. The third-order valence-electron chi connectivity index (χ3n) is 6.18. The number of methoxy groups -OCH3 is 2. The van der Waals surface area contributed by atoms with Crippen molar-refractivity contribution in [1.29, 1.82) is 0 Å². The lowest BCUT2D eigenvalue weighted by atomic mass is 10.1. The fourth-order valence-corrected chi connectivity index (χ4v) is 5.69. The second-order valence-electron chi connectivity index (χ2n) is 8.57. The maximum atomic E-state index is 14.8. The third kappa shape index (κ3) is 5.57. The molecule has 1 N–H and O–H groups in total. The molecule has 0 aliphatic carbocycles. The topological polar surface area (TPSA) is 105 Å². The van der Waals surface area contributed by atoms with Crippen LogP contribution in [0, 0.1) is 5.82 Å². The normalized spacial score (nSPS) is 13.2. The summed E-state index contributed by atoms with van der Waals surface area (Å²) in [5, 5.41) is 2.64. The van der Waals surface area contributed by atoms with E-state index in [0.717, 1.165) is 18.9 Å². The quantitative estimate of drug-likeness (QED) is 0.441. The Balaban J connectivity index is 1.67. The Morgan fingerprint density at radius 2 is 1.61 bits per heavy atom. The number of para-hydroxylation sites is 2. The number of benzene rings is 3. The Kier molecular flexibility index (Phi) is 8.16. The number of nitrogens with one attached hydrogen (secondary N) is 1. The highest BCUT2D eigenvalue weighted by Crippen LogP contribution is 2.33. The molecular weight excluding hydrogens is 513 g/mol. The van der Waals surface area contributed by atoms with E-state index in [2.05, 4.69) is 5.32 Å². The molecule has 9 nitrogen and oxygen atoms in total. The van der Waals surface area contributed by atoms with Gasteiger partial charge in [-0.15, -0.1) is 0 Å². The number of halogens is 1. The highest BCUT2D eigenvalue weighted by molar-refractivity contribution is 7.92. The van der Waals surface area contributed by atoms with Gasteiger partial charge in [0.25, 0.3) is 15.9 Å². The second-order valence-corrected chi connectivity index (χ2v) is 10.4. The number of carbonyl (C=O) groups is 2. The number of likely N-dealkylation sites (tertiary alicyclic amines) is 1. The van der Waals surface area contributed by atoms with Gasteiger partial charge in [-0.3, -0.25) is 13.9 Å². The van der Waals surface area contributed by atoms with E-state index in [4.69, 9.17) is 9.47 Å².